The SMILES string of the molecule is COc1ccccc1CNC(=O)C(=O)Nc1cc(C)nn1-c1nc(C(C)C)cc(=O)[nH]1. The number of aromatic nitrogens is 4. The van der Waals surface area contributed by atoms with Gasteiger partial charge in [0.05, 0.1) is 18.5 Å². The van der Waals surface area contributed by atoms with E-state index in [1.165, 1.54) is 17.9 Å². The number of H-pyrrole nitrogens is 1. The van der Waals surface area contributed by atoms with Crippen molar-refractivity contribution >= 4 is 17.6 Å². The van der Waals surface area contributed by atoms with Gasteiger partial charge in [0.15, 0.2) is 0 Å². The van der Waals surface area contributed by atoms with Gasteiger partial charge in [-0.15, -0.1) is 0 Å². The van der Waals surface area contributed by atoms with Crippen LogP contribution in [0.3, 0.4) is 0 Å². The first-order valence-electron chi connectivity index (χ1n) is 9.68. The van der Waals surface area contributed by atoms with E-state index in [1.807, 2.05) is 26.0 Å². The summed E-state index contributed by atoms with van der Waals surface area (Å²) in [6, 6.07) is 10.2. The molecule has 0 spiro atoms. The first kappa shape index (κ1) is 21.8. The molecule has 2 amide bonds. The maximum absolute atomic E-state index is 12.4. The molecule has 0 aliphatic carbocycles. The number of aromatic amines is 1. The molecule has 3 N–H and O–H groups in total. The second-order valence-corrected chi connectivity index (χ2v) is 7.18. The van der Waals surface area contributed by atoms with E-state index in [0.29, 0.717) is 17.1 Å². The maximum atomic E-state index is 12.4. The predicted octanol–water partition coefficient (Wildman–Crippen LogP) is 1.65. The van der Waals surface area contributed by atoms with E-state index in [-0.39, 0.29) is 29.8 Å². The fourth-order valence-electron chi connectivity index (χ4n) is 2.89. The number of carbonyl (C=O) groups excluding carboxylic acids is 2. The van der Waals surface area contributed by atoms with Gasteiger partial charge in [-0.1, -0.05) is 32.0 Å². The van der Waals surface area contributed by atoms with Gasteiger partial charge in [-0.05, 0) is 18.9 Å². The van der Waals surface area contributed by atoms with Gasteiger partial charge < -0.3 is 15.4 Å². The number of carbonyl (C=O) groups is 2. The van der Waals surface area contributed by atoms with Crippen LogP contribution < -0.4 is 20.9 Å². The Balaban J connectivity index is 1.77. The van der Waals surface area contributed by atoms with Crippen LogP contribution in [0.15, 0.2) is 41.2 Å². The highest BCUT2D eigenvalue weighted by molar-refractivity contribution is 6.39. The van der Waals surface area contributed by atoms with E-state index in [0.717, 1.165) is 5.56 Å². The van der Waals surface area contributed by atoms with Gasteiger partial charge in [0.2, 0.25) is 5.95 Å². The molecular weight excluding hydrogens is 400 g/mol. The minimum Gasteiger partial charge on any atom is -0.496 e. The zero-order valence-electron chi connectivity index (χ0n) is 17.7. The Morgan fingerprint density at radius 3 is 2.65 bits per heavy atom. The summed E-state index contributed by atoms with van der Waals surface area (Å²) >= 11 is 0. The number of nitrogens with zero attached hydrogens (tertiary/aromatic N) is 3. The summed E-state index contributed by atoms with van der Waals surface area (Å²) in [4.78, 5) is 43.8. The highest BCUT2D eigenvalue weighted by Crippen LogP contribution is 2.17. The van der Waals surface area contributed by atoms with Gasteiger partial charge in [-0.3, -0.25) is 19.4 Å². The van der Waals surface area contributed by atoms with Crippen LogP contribution in [0, 0.1) is 6.92 Å². The van der Waals surface area contributed by atoms with Crippen molar-refractivity contribution in [2.24, 2.45) is 0 Å². The number of hydrogen-bond acceptors (Lipinski definition) is 6. The van der Waals surface area contributed by atoms with Crippen LogP contribution in [0.25, 0.3) is 5.95 Å². The first-order chi connectivity index (χ1) is 14.8. The van der Waals surface area contributed by atoms with Gasteiger partial charge in [-0.2, -0.15) is 9.78 Å². The van der Waals surface area contributed by atoms with Crippen LogP contribution in [-0.2, 0) is 16.1 Å². The topological polar surface area (TPSA) is 131 Å². The molecule has 10 heteroatoms. The number of rotatable bonds is 6. The third-order valence-corrected chi connectivity index (χ3v) is 4.45. The average Bonchev–Trinajstić information content (AvgIpc) is 3.11. The van der Waals surface area contributed by atoms with E-state index < -0.39 is 11.8 Å². The molecule has 0 bridgehead atoms. The quantitative estimate of drug-likeness (QED) is 0.516. The molecule has 0 aliphatic rings. The van der Waals surface area contributed by atoms with Crippen LogP contribution >= 0.6 is 0 Å². The number of para-hydroxylation sites is 1. The molecule has 0 radical (unpaired) electrons. The van der Waals surface area contributed by atoms with Crippen molar-refractivity contribution in [2.45, 2.75) is 33.2 Å². The Morgan fingerprint density at radius 1 is 1.19 bits per heavy atom. The van der Waals surface area contributed by atoms with Gasteiger partial charge in [-0.25, -0.2) is 4.98 Å². The number of benzene rings is 1. The molecule has 0 atom stereocenters. The number of methoxy groups -OCH3 is 1. The van der Waals surface area contributed by atoms with Crippen molar-refractivity contribution < 1.29 is 14.3 Å². The number of anilines is 1. The van der Waals surface area contributed by atoms with E-state index >= 15 is 0 Å². The zero-order valence-corrected chi connectivity index (χ0v) is 17.7. The van der Waals surface area contributed by atoms with Crippen molar-refractivity contribution in [2.75, 3.05) is 12.4 Å². The van der Waals surface area contributed by atoms with Crippen molar-refractivity contribution in [3.05, 3.63) is 63.7 Å². The molecule has 3 rings (SSSR count). The summed E-state index contributed by atoms with van der Waals surface area (Å²) in [6.45, 7) is 5.67. The molecule has 0 aliphatic heterocycles. The lowest BCUT2D eigenvalue weighted by Gasteiger charge is -2.11. The fourth-order valence-corrected chi connectivity index (χ4v) is 2.89. The lowest BCUT2D eigenvalue weighted by Crippen LogP contribution is -2.35. The molecule has 31 heavy (non-hydrogen) atoms. The van der Waals surface area contributed by atoms with Gasteiger partial charge in [0, 0.05) is 24.2 Å². The summed E-state index contributed by atoms with van der Waals surface area (Å²) in [6.07, 6.45) is 0. The predicted molar refractivity (Wildman–Crippen MR) is 114 cm³/mol. The van der Waals surface area contributed by atoms with Crippen molar-refractivity contribution in [1.29, 1.82) is 0 Å². The molecule has 2 heterocycles. The number of aryl methyl sites for hydroxylation is 1. The van der Waals surface area contributed by atoms with Crippen LogP contribution in [0.1, 0.15) is 36.7 Å². The highest BCUT2D eigenvalue weighted by atomic mass is 16.5. The Hall–Kier alpha value is -3.95. The minimum absolute atomic E-state index is 0.0245. The van der Waals surface area contributed by atoms with Crippen LogP contribution in [0.5, 0.6) is 5.75 Å². The smallest absolute Gasteiger partial charge is 0.314 e. The molecule has 2 aromatic heterocycles. The summed E-state index contributed by atoms with van der Waals surface area (Å²) in [5, 5.41) is 9.35. The van der Waals surface area contributed by atoms with Gasteiger partial charge in [0.25, 0.3) is 5.56 Å². The zero-order chi connectivity index (χ0) is 22.5. The molecule has 3 aromatic rings. The number of amides is 2. The number of nitrogens with one attached hydrogen (secondary N) is 3. The highest BCUT2D eigenvalue weighted by Gasteiger charge is 2.19. The van der Waals surface area contributed by atoms with Gasteiger partial charge >= 0.3 is 11.8 Å². The van der Waals surface area contributed by atoms with E-state index in [4.69, 9.17) is 4.74 Å². The third-order valence-electron chi connectivity index (χ3n) is 4.45. The molecule has 162 valence electrons. The summed E-state index contributed by atoms with van der Waals surface area (Å²) in [5.74, 6) is -0.714. The lowest BCUT2D eigenvalue weighted by atomic mass is 10.1. The standard InChI is InChI=1S/C21H24N6O4/c1-12(2)15-10-18(28)25-21(23-15)27-17(9-13(3)26-27)24-20(30)19(29)22-11-14-7-5-6-8-16(14)31-4/h5-10,12H,11H2,1-4H3,(H,22,29)(H,24,30)(H,23,25,28). The molecule has 1 aromatic carbocycles. The number of hydrogen-bond donors (Lipinski definition) is 3. The molecule has 0 unspecified atom stereocenters. The van der Waals surface area contributed by atoms with E-state index in [1.54, 1.807) is 25.1 Å². The second-order valence-electron chi connectivity index (χ2n) is 7.18. The molecule has 0 fully saturated rings. The summed E-state index contributed by atoms with van der Waals surface area (Å²) < 4.78 is 6.52. The first-order valence-corrected chi connectivity index (χ1v) is 9.68. The Kier molecular flexibility index (Phi) is 6.49. The molecular formula is C21H24N6O4. The normalized spacial score (nSPS) is 10.7. The Morgan fingerprint density at radius 2 is 1.94 bits per heavy atom. The monoisotopic (exact) mass is 424 g/mol. The average molecular weight is 424 g/mol. The van der Waals surface area contributed by atoms with E-state index in [2.05, 4.69) is 25.7 Å². The van der Waals surface area contributed by atoms with E-state index in [9.17, 15) is 14.4 Å². The van der Waals surface area contributed by atoms with Crippen LogP contribution in [-0.4, -0.2) is 38.7 Å². The largest absolute Gasteiger partial charge is 0.496 e. The molecule has 10 nitrogen and oxygen atoms in total. The van der Waals surface area contributed by atoms with Crippen molar-refractivity contribution in [3.8, 4) is 11.7 Å². The van der Waals surface area contributed by atoms with Gasteiger partial charge in [0.1, 0.15) is 11.6 Å². The maximum Gasteiger partial charge on any atom is 0.314 e. The number of ether oxygens (including phenoxy) is 1. The fraction of sp³-hybridized carbons (Fsp3) is 0.286. The van der Waals surface area contributed by atoms with Crippen LogP contribution in [0.4, 0.5) is 5.82 Å². The summed E-state index contributed by atoms with van der Waals surface area (Å²) in [5.41, 5.74) is 1.55. The second kappa shape index (κ2) is 9.24. The molecule has 0 saturated heterocycles. The Bertz CT molecular complexity index is 1160. The lowest BCUT2D eigenvalue weighted by molar-refractivity contribution is -0.136. The van der Waals surface area contributed by atoms with Crippen LogP contribution in [0.2, 0.25) is 0 Å². The van der Waals surface area contributed by atoms with Crippen molar-refractivity contribution in [3.63, 3.8) is 0 Å². The Labute approximate surface area is 178 Å². The third kappa shape index (κ3) is 5.16. The summed E-state index contributed by atoms with van der Waals surface area (Å²) in [7, 11) is 1.53. The minimum atomic E-state index is -0.876. The van der Waals surface area contributed by atoms with Crippen molar-refractivity contribution in [1.82, 2.24) is 25.1 Å². The molecule has 0 saturated carbocycles.